The van der Waals surface area contributed by atoms with E-state index in [2.05, 4.69) is 5.32 Å². The molecule has 3 aromatic carbocycles. The fraction of sp³-hybridized carbons (Fsp3) is 0.310. The number of aryl methyl sites for hydroxylation is 1. The van der Waals surface area contributed by atoms with Crippen LogP contribution < -0.4 is 9.62 Å². The van der Waals surface area contributed by atoms with Gasteiger partial charge in [0.15, 0.2) is 0 Å². The van der Waals surface area contributed by atoms with Crippen LogP contribution >= 0.6 is 34.8 Å². The number of anilines is 1. The predicted octanol–water partition coefficient (Wildman–Crippen LogP) is 6.48. The van der Waals surface area contributed by atoms with Crippen molar-refractivity contribution in [3.05, 3.63) is 92.9 Å². The van der Waals surface area contributed by atoms with E-state index in [1.165, 1.54) is 23.1 Å². The third-order valence-corrected chi connectivity index (χ3v) is 8.82. The van der Waals surface area contributed by atoms with Gasteiger partial charge in [-0.3, -0.25) is 13.9 Å². The molecule has 40 heavy (non-hydrogen) atoms. The summed E-state index contributed by atoms with van der Waals surface area (Å²) in [6, 6.07) is 16.5. The van der Waals surface area contributed by atoms with Crippen LogP contribution in [0, 0.1) is 6.92 Å². The van der Waals surface area contributed by atoms with Gasteiger partial charge in [-0.25, -0.2) is 8.42 Å². The normalized spacial score (nSPS) is 12.2. The SMILES string of the molecule is CC[C@@H](C(=O)NC(C)C)N(Cc1ccc(Cl)cc1Cl)C(=O)CN(c1cc(Cl)ccc1C)S(=O)(=O)c1ccccc1. The van der Waals surface area contributed by atoms with E-state index in [1.807, 2.05) is 13.8 Å². The van der Waals surface area contributed by atoms with E-state index in [1.54, 1.807) is 62.4 Å². The predicted molar refractivity (Wildman–Crippen MR) is 162 cm³/mol. The van der Waals surface area contributed by atoms with Crippen LogP contribution in [0.4, 0.5) is 5.69 Å². The van der Waals surface area contributed by atoms with Crippen LogP contribution in [0.15, 0.2) is 71.6 Å². The molecule has 0 aliphatic rings. The Morgan fingerprint density at radius 1 is 0.925 bits per heavy atom. The van der Waals surface area contributed by atoms with E-state index in [4.69, 9.17) is 34.8 Å². The second-order valence-electron chi connectivity index (χ2n) is 9.60. The molecule has 11 heteroatoms. The minimum Gasteiger partial charge on any atom is -0.352 e. The highest BCUT2D eigenvalue weighted by molar-refractivity contribution is 7.92. The van der Waals surface area contributed by atoms with Crippen LogP contribution in [0.25, 0.3) is 0 Å². The average molecular weight is 625 g/mol. The number of halogens is 3. The molecule has 0 aliphatic heterocycles. The summed E-state index contributed by atoms with van der Waals surface area (Å²) in [5.74, 6) is -0.942. The molecule has 0 fully saturated rings. The number of rotatable bonds is 11. The van der Waals surface area contributed by atoms with E-state index >= 15 is 0 Å². The number of carbonyl (C=O) groups excluding carboxylic acids is 2. The van der Waals surface area contributed by atoms with Gasteiger partial charge >= 0.3 is 0 Å². The topological polar surface area (TPSA) is 86.8 Å². The highest BCUT2D eigenvalue weighted by atomic mass is 35.5. The van der Waals surface area contributed by atoms with Crippen molar-refractivity contribution in [2.45, 2.75) is 57.6 Å². The largest absolute Gasteiger partial charge is 0.352 e. The summed E-state index contributed by atoms with van der Waals surface area (Å²) in [6.07, 6.45) is 0.289. The summed E-state index contributed by atoms with van der Waals surface area (Å²) < 4.78 is 28.9. The molecule has 0 bridgehead atoms. The summed E-state index contributed by atoms with van der Waals surface area (Å²) in [5.41, 5.74) is 1.43. The second kappa shape index (κ2) is 13.7. The van der Waals surface area contributed by atoms with E-state index < -0.39 is 28.5 Å². The number of hydrogen-bond acceptors (Lipinski definition) is 4. The minimum atomic E-state index is -4.20. The molecule has 0 radical (unpaired) electrons. The first-order valence-corrected chi connectivity index (χ1v) is 15.3. The van der Waals surface area contributed by atoms with E-state index in [9.17, 15) is 18.0 Å². The molecular formula is C29H32Cl3N3O4S. The van der Waals surface area contributed by atoms with Gasteiger partial charge in [0.1, 0.15) is 12.6 Å². The Morgan fingerprint density at radius 2 is 1.55 bits per heavy atom. The number of nitrogens with one attached hydrogen (secondary N) is 1. The van der Waals surface area contributed by atoms with Crippen LogP contribution in [0.3, 0.4) is 0 Å². The standard InChI is InChI=1S/C29H32Cl3N3O4S/c1-5-26(29(37)33-19(2)3)34(17-21-12-14-22(30)15-25(21)32)28(36)18-35(27-16-23(31)13-11-20(27)4)40(38,39)24-9-7-6-8-10-24/h6-16,19,26H,5,17-18H2,1-4H3,(H,33,37)/t26-/m0/s1. The molecule has 0 saturated heterocycles. The molecule has 0 aliphatic carbocycles. The Hall–Kier alpha value is -2.78. The summed E-state index contributed by atoms with van der Waals surface area (Å²) in [7, 11) is -4.20. The van der Waals surface area contributed by atoms with Gasteiger partial charge in [0.05, 0.1) is 10.6 Å². The van der Waals surface area contributed by atoms with Gasteiger partial charge in [-0.05, 0) is 74.7 Å². The molecule has 0 spiro atoms. The van der Waals surface area contributed by atoms with Crippen molar-refractivity contribution < 1.29 is 18.0 Å². The maximum atomic E-state index is 14.1. The number of amides is 2. The molecule has 2 amide bonds. The lowest BCUT2D eigenvalue weighted by Crippen LogP contribution is -2.53. The number of carbonyl (C=O) groups is 2. The quantitative estimate of drug-likeness (QED) is 0.265. The van der Waals surface area contributed by atoms with Gasteiger partial charge in [0.25, 0.3) is 10.0 Å². The maximum absolute atomic E-state index is 14.1. The Morgan fingerprint density at radius 3 is 2.15 bits per heavy atom. The molecule has 1 N–H and O–H groups in total. The molecule has 3 aromatic rings. The summed E-state index contributed by atoms with van der Waals surface area (Å²) in [6.45, 7) is 6.56. The van der Waals surface area contributed by atoms with Crippen molar-refractivity contribution in [1.29, 1.82) is 0 Å². The Labute approximate surface area is 251 Å². The zero-order valence-corrected chi connectivity index (χ0v) is 25.8. The molecule has 3 rings (SSSR count). The monoisotopic (exact) mass is 623 g/mol. The molecule has 7 nitrogen and oxygen atoms in total. The first-order chi connectivity index (χ1) is 18.8. The Kier molecular flexibility index (Phi) is 10.9. The number of benzene rings is 3. The second-order valence-corrected chi connectivity index (χ2v) is 12.7. The zero-order chi connectivity index (χ0) is 29.6. The first-order valence-electron chi connectivity index (χ1n) is 12.7. The van der Waals surface area contributed by atoms with Crippen molar-refractivity contribution in [3.63, 3.8) is 0 Å². The van der Waals surface area contributed by atoms with Crippen molar-refractivity contribution in [1.82, 2.24) is 10.2 Å². The fourth-order valence-corrected chi connectivity index (χ4v) is 6.34. The van der Waals surface area contributed by atoms with Crippen molar-refractivity contribution in [2.75, 3.05) is 10.8 Å². The average Bonchev–Trinajstić information content (AvgIpc) is 2.89. The van der Waals surface area contributed by atoms with Gasteiger partial charge in [-0.15, -0.1) is 0 Å². The van der Waals surface area contributed by atoms with Crippen molar-refractivity contribution in [2.24, 2.45) is 0 Å². The maximum Gasteiger partial charge on any atom is 0.264 e. The lowest BCUT2D eigenvalue weighted by molar-refractivity contribution is -0.140. The highest BCUT2D eigenvalue weighted by Gasteiger charge is 2.34. The van der Waals surface area contributed by atoms with Gasteiger partial charge < -0.3 is 10.2 Å². The molecule has 0 aromatic heterocycles. The van der Waals surface area contributed by atoms with E-state index in [0.29, 0.717) is 26.2 Å². The Balaban J connectivity index is 2.12. The number of hydrogen-bond donors (Lipinski definition) is 1. The van der Waals surface area contributed by atoms with Crippen LogP contribution in [-0.4, -0.2) is 43.8 Å². The Bertz CT molecular complexity index is 1470. The summed E-state index contributed by atoms with van der Waals surface area (Å²) >= 11 is 18.8. The van der Waals surface area contributed by atoms with E-state index in [0.717, 1.165) is 4.31 Å². The minimum absolute atomic E-state index is 0.0130. The van der Waals surface area contributed by atoms with Crippen LogP contribution in [-0.2, 0) is 26.2 Å². The van der Waals surface area contributed by atoms with Crippen LogP contribution in [0.2, 0.25) is 15.1 Å². The lowest BCUT2D eigenvalue weighted by Gasteiger charge is -2.34. The van der Waals surface area contributed by atoms with Gasteiger partial charge in [-0.2, -0.15) is 0 Å². The third-order valence-electron chi connectivity index (χ3n) is 6.22. The van der Waals surface area contributed by atoms with Gasteiger partial charge in [-0.1, -0.05) is 72.1 Å². The zero-order valence-electron chi connectivity index (χ0n) is 22.7. The highest BCUT2D eigenvalue weighted by Crippen LogP contribution is 2.30. The number of nitrogens with zero attached hydrogens (tertiary/aromatic N) is 2. The van der Waals surface area contributed by atoms with E-state index in [-0.39, 0.29) is 35.5 Å². The molecule has 214 valence electrons. The fourth-order valence-electron chi connectivity index (χ4n) is 4.22. The summed E-state index contributed by atoms with van der Waals surface area (Å²) in [5, 5.41) is 3.92. The van der Waals surface area contributed by atoms with Crippen LogP contribution in [0.1, 0.15) is 38.3 Å². The van der Waals surface area contributed by atoms with Crippen molar-refractivity contribution >= 4 is 62.3 Å². The third kappa shape index (κ3) is 7.69. The molecule has 1 atom stereocenters. The van der Waals surface area contributed by atoms with Gasteiger partial charge in [0, 0.05) is 27.7 Å². The van der Waals surface area contributed by atoms with Crippen LogP contribution in [0.5, 0.6) is 0 Å². The van der Waals surface area contributed by atoms with Gasteiger partial charge in [0.2, 0.25) is 11.8 Å². The number of sulfonamides is 1. The molecule has 0 saturated carbocycles. The lowest BCUT2D eigenvalue weighted by atomic mass is 10.1. The first kappa shape index (κ1) is 31.7. The molecule has 0 heterocycles. The summed E-state index contributed by atoms with van der Waals surface area (Å²) in [4.78, 5) is 28.7. The molecular weight excluding hydrogens is 593 g/mol. The molecule has 0 unspecified atom stereocenters. The smallest absolute Gasteiger partial charge is 0.264 e. The van der Waals surface area contributed by atoms with Crippen molar-refractivity contribution in [3.8, 4) is 0 Å².